The number of aromatic hydroxyl groups is 1. The third-order valence-electron chi connectivity index (χ3n) is 3.00. The molecule has 1 saturated heterocycles. The van der Waals surface area contributed by atoms with Crippen molar-refractivity contribution in [3.8, 4) is 5.75 Å². The largest absolute Gasteiger partial charge is 0.507 e. The summed E-state index contributed by atoms with van der Waals surface area (Å²) in [6, 6.07) is 3.18. The van der Waals surface area contributed by atoms with Gasteiger partial charge >= 0.3 is 0 Å². The molecule has 4 N–H and O–H groups in total. The molecule has 18 heavy (non-hydrogen) atoms. The molecule has 0 aliphatic carbocycles. The number of rotatable bonds is 3. The highest BCUT2D eigenvalue weighted by atomic mass is 19.1. The Morgan fingerprint density at radius 2 is 2.33 bits per heavy atom. The first-order chi connectivity index (χ1) is 8.50. The van der Waals surface area contributed by atoms with Gasteiger partial charge in [0.25, 0.3) is 5.91 Å². The van der Waals surface area contributed by atoms with E-state index in [4.69, 9.17) is 0 Å². The fourth-order valence-corrected chi connectivity index (χ4v) is 1.92. The lowest BCUT2D eigenvalue weighted by Gasteiger charge is -2.21. The Hall–Kier alpha value is -1.66. The summed E-state index contributed by atoms with van der Waals surface area (Å²) in [5, 5.41) is 25.0. The summed E-state index contributed by atoms with van der Waals surface area (Å²) in [5.41, 5.74) is -0.961. The molecule has 1 unspecified atom stereocenters. The average Bonchev–Trinajstić information content (AvgIpc) is 2.74. The van der Waals surface area contributed by atoms with Gasteiger partial charge in [-0.25, -0.2) is 4.39 Å². The standard InChI is InChI=1S/C12H15FN2O3/c13-8-1-2-9(10(16)5-8)11(17)15-7-12(18)3-4-14-6-12/h1-2,5,14,16,18H,3-4,6-7H2,(H,15,17). The van der Waals surface area contributed by atoms with E-state index in [1.165, 1.54) is 6.07 Å². The topological polar surface area (TPSA) is 81.6 Å². The van der Waals surface area contributed by atoms with E-state index in [1.807, 2.05) is 0 Å². The predicted molar refractivity (Wildman–Crippen MR) is 62.8 cm³/mol. The van der Waals surface area contributed by atoms with Crippen LogP contribution in [-0.4, -0.2) is 41.4 Å². The van der Waals surface area contributed by atoms with Gasteiger partial charge in [0.15, 0.2) is 0 Å². The highest BCUT2D eigenvalue weighted by molar-refractivity contribution is 5.96. The molecular formula is C12H15FN2O3. The maximum absolute atomic E-state index is 12.8. The Labute approximate surface area is 104 Å². The summed E-state index contributed by atoms with van der Waals surface area (Å²) >= 11 is 0. The molecule has 1 aromatic carbocycles. The van der Waals surface area contributed by atoms with Crippen molar-refractivity contribution in [3.05, 3.63) is 29.6 Å². The van der Waals surface area contributed by atoms with Crippen molar-refractivity contribution in [1.29, 1.82) is 0 Å². The number of hydrogen-bond acceptors (Lipinski definition) is 4. The number of phenols is 1. The molecule has 0 radical (unpaired) electrons. The van der Waals surface area contributed by atoms with Gasteiger partial charge in [-0.1, -0.05) is 0 Å². The smallest absolute Gasteiger partial charge is 0.255 e. The lowest BCUT2D eigenvalue weighted by atomic mass is 10.0. The van der Waals surface area contributed by atoms with Crippen molar-refractivity contribution in [2.24, 2.45) is 0 Å². The molecule has 1 heterocycles. The molecule has 1 aliphatic rings. The third-order valence-corrected chi connectivity index (χ3v) is 3.00. The molecule has 0 aromatic heterocycles. The summed E-state index contributed by atoms with van der Waals surface area (Å²) in [6.07, 6.45) is 0.558. The third kappa shape index (κ3) is 2.77. The second-order valence-electron chi connectivity index (χ2n) is 4.50. The normalized spacial score (nSPS) is 23.0. The van der Waals surface area contributed by atoms with Crippen molar-refractivity contribution < 1.29 is 19.4 Å². The number of nitrogens with one attached hydrogen (secondary N) is 2. The van der Waals surface area contributed by atoms with Gasteiger partial charge in [0, 0.05) is 19.2 Å². The Morgan fingerprint density at radius 3 is 2.94 bits per heavy atom. The number of hydrogen-bond donors (Lipinski definition) is 4. The first-order valence-electron chi connectivity index (χ1n) is 5.70. The molecule has 1 aromatic rings. The average molecular weight is 254 g/mol. The van der Waals surface area contributed by atoms with E-state index in [9.17, 15) is 19.4 Å². The van der Waals surface area contributed by atoms with Gasteiger partial charge in [-0.15, -0.1) is 0 Å². The van der Waals surface area contributed by atoms with Crippen molar-refractivity contribution in [2.75, 3.05) is 19.6 Å². The molecule has 98 valence electrons. The van der Waals surface area contributed by atoms with E-state index in [2.05, 4.69) is 10.6 Å². The zero-order valence-electron chi connectivity index (χ0n) is 9.74. The van der Waals surface area contributed by atoms with Crippen LogP contribution in [0.1, 0.15) is 16.8 Å². The van der Waals surface area contributed by atoms with Gasteiger partial charge < -0.3 is 20.8 Å². The molecule has 1 fully saturated rings. The molecule has 0 spiro atoms. The maximum atomic E-state index is 12.8. The van der Waals surface area contributed by atoms with E-state index in [0.717, 1.165) is 12.1 Å². The van der Waals surface area contributed by atoms with Gasteiger partial charge in [0.1, 0.15) is 11.6 Å². The molecule has 2 rings (SSSR count). The van der Waals surface area contributed by atoms with Gasteiger partial charge in [-0.05, 0) is 25.1 Å². The van der Waals surface area contributed by atoms with Crippen LogP contribution in [-0.2, 0) is 0 Å². The zero-order chi connectivity index (χ0) is 13.2. The van der Waals surface area contributed by atoms with Crippen molar-refractivity contribution in [2.45, 2.75) is 12.0 Å². The predicted octanol–water partition coefficient (Wildman–Crippen LogP) is -0.0145. The Bertz CT molecular complexity index is 459. The summed E-state index contributed by atoms with van der Waals surface area (Å²) in [7, 11) is 0. The lowest BCUT2D eigenvalue weighted by Crippen LogP contribution is -2.44. The van der Waals surface area contributed by atoms with Crippen molar-refractivity contribution in [1.82, 2.24) is 10.6 Å². The summed E-state index contributed by atoms with van der Waals surface area (Å²) < 4.78 is 12.8. The Kier molecular flexibility index (Phi) is 3.49. The number of benzene rings is 1. The minimum Gasteiger partial charge on any atom is -0.507 e. The number of β-amino-alcohol motifs (C(OH)–C–C–N with tert-alkyl or cyclic N) is 1. The van der Waals surface area contributed by atoms with Crippen LogP contribution in [0.4, 0.5) is 4.39 Å². The zero-order valence-corrected chi connectivity index (χ0v) is 9.74. The molecule has 1 atom stereocenters. The van der Waals surface area contributed by atoms with Crippen LogP contribution in [0, 0.1) is 5.82 Å². The number of halogens is 1. The van der Waals surface area contributed by atoms with E-state index in [1.54, 1.807) is 0 Å². The van der Waals surface area contributed by atoms with Crippen LogP contribution < -0.4 is 10.6 Å². The number of phenolic OH excluding ortho intramolecular Hbond substituents is 1. The minimum atomic E-state index is -0.953. The molecule has 6 heteroatoms. The molecule has 1 aliphatic heterocycles. The highest BCUT2D eigenvalue weighted by Crippen LogP contribution is 2.18. The second kappa shape index (κ2) is 4.91. The SMILES string of the molecule is O=C(NCC1(O)CCNC1)c1ccc(F)cc1O. The molecule has 5 nitrogen and oxygen atoms in total. The molecule has 1 amide bonds. The van der Waals surface area contributed by atoms with Crippen LogP contribution in [0.3, 0.4) is 0 Å². The van der Waals surface area contributed by atoms with E-state index >= 15 is 0 Å². The first kappa shape index (κ1) is 12.8. The minimum absolute atomic E-state index is 0.00837. The Balaban J connectivity index is 1.99. The van der Waals surface area contributed by atoms with Gasteiger partial charge in [-0.3, -0.25) is 4.79 Å². The summed E-state index contributed by atoms with van der Waals surface area (Å²) in [6.45, 7) is 1.21. The van der Waals surface area contributed by atoms with E-state index in [0.29, 0.717) is 19.5 Å². The fourth-order valence-electron chi connectivity index (χ4n) is 1.92. The molecular weight excluding hydrogens is 239 g/mol. The first-order valence-corrected chi connectivity index (χ1v) is 5.70. The van der Waals surface area contributed by atoms with Crippen LogP contribution in [0.2, 0.25) is 0 Å². The molecule has 0 saturated carbocycles. The van der Waals surface area contributed by atoms with E-state index in [-0.39, 0.29) is 12.1 Å². The van der Waals surface area contributed by atoms with Crippen LogP contribution >= 0.6 is 0 Å². The maximum Gasteiger partial charge on any atom is 0.255 e. The fraction of sp³-hybridized carbons (Fsp3) is 0.417. The highest BCUT2D eigenvalue weighted by Gasteiger charge is 2.31. The number of aliphatic hydroxyl groups is 1. The van der Waals surface area contributed by atoms with Crippen molar-refractivity contribution in [3.63, 3.8) is 0 Å². The monoisotopic (exact) mass is 254 g/mol. The summed E-state index contributed by atoms with van der Waals surface area (Å²) in [4.78, 5) is 11.8. The number of carbonyl (C=O) groups excluding carboxylic acids is 1. The van der Waals surface area contributed by atoms with Crippen LogP contribution in [0.25, 0.3) is 0 Å². The van der Waals surface area contributed by atoms with Crippen molar-refractivity contribution >= 4 is 5.91 Å². The lowest BCUT2D eigenvalue weighted by molar-refractivity contribution is 0.0561. The number of carbonyl (C=O) groups is 1. The quantitative estimate of drug-likeness (QED) is 0.611. The summed E-state index contributed by atoms with van der Waals surface area (Å²) in [5.74, 6) is -1.56. The van der Waals surface area contributed by atoms with Gasteiger partial charge in [0.2, 0.25) is 0 Å². The molecule has 0 bridgehead atoms. The van der Waals surface area contributed by atoms with Gasteiger partial charge in [-0.2, -0.15) is 0 Å². The van der Waals surface area contributed by atoms with E-state index < -0.39 is 23.1 Å². The second-order valence-corrected chi connectivity index (χ2v) is 4.50. The van der Waals surface area contributed by atoms with Crippen LogP contribution in [0.5, 0.6) is 5.75 Å². The van der Waals surface area contributed by atoms with Gasteiger partial charge in [0.05, 0.1) is 11.2 Å². The van der Waals surface area contributed by atoms with Crippen LogP contribution in [0.15, 0.2) is 18.2 Å². The Morgan fingerprint density at radius 1 is 1.56 bits per heavy atom. The number of amides is 1.